The number of hydrogen-bond acceptors (Lipinski definition) is 5. The van der Waals surface area contributed by atoms with Gasteiger partial charge in [-0.15, -0.1) is 0 Å². The van der Waals surface area contributed by atoms with Crippen LogP contribution < -0.4 is 9.64 Å². The van der Waals surface area contributed by atoms with E-state index in [0.717, 1.165) is 0 Å². The summed E-state index contributed by atoms with van der Waals surface area (Å²) < 4.78 is 5.07. The van der Waals surface area contributed by atoms with E-state index in [1.807, 2.05) is 0 Å². The second kappa shape index (κ2) is 6.35. The van der Waals surface area contributed by atoms with Gasteiger partial charge in [-0.05, 0) is 18.2 Å². The molecule has 0 N–H and O–H groups in total. The van der Waals surface area contributed by atoms with E-state index in [9.17, 15) is 19.7 Å². The molecule has 0 radical (unpaired) electrons. The number of nitro benzene ring substituents is 1. The zero-order valence-corrected chi connectivity index (χ0v) is 13.8. The average Bonchev–Trinajstić information content (AvgIpc) is 2.87. The van der Waals surface area contributed by atoms with Gasteiger partial charge in [-0.2, -0.15) is 0 Å². The molecule has 7 nitrogen and oxygen atoms in total. The van der Waals surface area contributed by atoms with Crippen LogP contribution in [0.1, 0.15) is 22.8 Å². The summed E-state index contributed by atoms with van der Waals surface area (Å²) in [5, 5.41) is 11.5. The van der Waals surface area contributed by atoms with Crippen molar-refractivity contribution in [3.05, 3.63) is 63.7 Å². The summed E-state index contributed by atoms with van der Waals surface area (Å²) in [5.41, 5.74) is 1.16. The summed E-state index contributed by atoms with van der Waals surface area (Å²) in [4.78, 5) is 37.2. The number of nitrogens with zero attached hydrogens (tertiary/aromatic N) is 2. The van der Waals surface area contributed by atoms with Crippen molar-refractivity contribution < 1.29 is 19.2 Å². The molecule has 1 aliphatic heterocycles. The van der Waals surface area contributed by atoms with Gasteiger partial charge in [0.05, 0.1) is 17.7 Å². The molecule has 2 aromatic rings. The Morgan fingerprint density at radius 2 is 1.96 bits per heavy atom. The monoisotopic (exact) mass is 340 g/mol. The Hall–Kier alpha value is -3.22. The third-order valence-electron chi connectivity index (χ3n) is 4.28. The highest BCUT2D eigenvalue weighted by Crippen LogP contribution is 2.37. The van der Waals surface area contributed by atoms with E-state index < -0.39 is 11.0 Å². The van der Waals surface area contributed by atoms with E-state index in [1.165, 1.54) is 25.0 Å². The van der Waals surface area contributed by atoms with Crippen LogP contribution in [-0.2, 0) is 11.2 Å². The van der Waals surface area contributed by atoms with Crippen molar-refractivity contribution >= 4 is 23.1 Å². The Labute approximate surface area is 144 Å². The first-order valence-electron chi connectivity index (χ1n) is 7.69. The molecule has 7 heteroatoms. The van der Waals surface area contributed by atoms with E-state index in [4.69, 9.17) is 4.74 Å². The number of para-hydroxylation sites is 2. The van der Waals surface area contributed by atoms with Gasteiger partial charge in [0.25, 0.3) is 0 Å². The molecule has 2 aromatic carbocycles. The predicted octanol–water partition coefficient (Wildman–Crippen LogP) is 2.76. The van der Waals surface area contributed by atoms with E-state index >= 15 is 0 Å². The Morgan fingerprint density at radius 1 is 1.24 bits per heavy atom. The van der Waals surface area contributed by atoms with Gasteiger partial charge < -0.3 is 9.64 Å². The zero-order valence-electron chi connectivity index (χ0n) is 13.8. The maximum atomic E-state index is 12.8. The minimum absolute atomic E-state index is 0.0423. The van der Waals surface area contributed by atoms with Crippen LogP contribution in [0.2, 0.25) is 0 Å². The predicted molar refractivity (Wildman–Crippen MR) is 91.1 cm³/mol. The van der Waals surface area contributed by atoms with Crippen molar-refractivity contribution in [2.75, 3.05) is 12.0 Å². The van der Waals surface area contributed by atoms with E-state index in [-0.39, 0.29) is 29.5 Å². The number of hydrogen-bond donors (Lipinski definition) is 0. The molecule has 1 unspecified atom stereocenters. The van der Waals surface area contributed by atoms with Crippen LogP contribution >= 0.6 is 0 Å². The number of amides is 1. The molecule has 1 atom stereocenters. The van der Waals surface area contributed by atoms with Crippen molar-refractivity contribution in [1.29, 1.82) is 0 Å². The Bertz CT molecular complexity index is 878. The molecule has 0 spiro atoms. The summed E-state index contributed by atoms with van der Waals surface area (Å²) in [7, 11) is 1.35. The Kier molecular flexibility index (Phi) is 4.22. The fraction of sp³-hybridized carbons (Fsp3) is 0.222. The van der Waals surface area contributed by atoms with Crippen LogP contribution in [0, 0.1) is 10.1 Å². The number of fused-ring (bicyclic) bond motifs is 1. The smallest absolute Gasteiger partial charge is 0.314 e. The van der Waals surface area contributed by atoms with Gasteiger partial charge >= 0.3 is 5.69 Å². The number of methoxy groups -OCH3 is 1. The lowest BCUT2D eigenvalue weighted by molar-refractivity contribution is -0.386. The van der Waals surface area contributed by atoms with Crippen molar-refractivity contribution in [1.82, 2.24) is 0 Å². The first-order valence-corrected chi connectivity index (χ1v) is 7.69. The second-order valence-corrected chi connectivity index (χ2v) is 5.72. The highest BCUT2D eigenvalue weighted by atomic mass is 16.6. The fourth-order valence-electron chi connectivity index (χ4n) is 3.24. The topological polar surface area (TPSA) is 89.8 Å². The quantitative estimate of drug-likeness (QED) is 0.630. The number of benzene rings is 2. The minimum atomic E-state index is -0.805. The average molecular weight is 340 g/mol. The van der Waals surface area contributed by atoms with Crippen molar-refractivity contribution in [2.24, 2.45) is 0 Å². The molecular formula is C18H16N2O5. The van der Waals surface area contributed by atoms with E-state index in [2.05, 4.69) is 0 Å². The molecule has 0 aliphatic carbocycles. The SMILES string of the molecule is COc1cccc(CC2C(=O)c3ccccc3N2C(C)=O)c1[N+](=O)[O-]. The standard InChI is InChI=1S/C18H16N2O5/c1-11(21)19-14-8-4-3-7-13(14)18(22)15(19)10-12-6-5-9-16(25-2)17(12)20(23)24/h3-9,15H,10H2,1-2H3. The first-order chi connectivity index (χ1) is 12.0. The molecule has 1 aliphatic rings. The normalized spacial score (nSPS) is 15.8. The fourth-order valence-corrected chi connectivity index (χ4v) is 3.24. The number of carbonyl (C=O) groups excluding carboxylic acids is 2. The molecule has 1 amide bonds. The molecule has 25 heavy (non-hydrogen) atoms. The lowest BCUT2D eigenvalue weighted by Crippen LogP contribution is -2.40. The number of Topliss-reactive ketones (excluding diaryl/α,β-unsaturated/α-hetero) is 1. The van der Waals surface area contributed by atoms with Gasteiger partial charge in [-0.25, -0.2) is 0 Å². The van der Waals surface area contributed by atoms with Crippen LogP contribution in [0.3, 0.4) is 0 Å². The van der Waals surface area contributed by atoms with E-state index in [0.29, 0.717) is 16.8 Å². The first kappa shape index (κ1) is 16.6. The summed E-state index contributed by atoms with van der Waals surface area (Å²) in [6, 6.07) is 10.7. The van der Waals surface area contributed by atoms with Crippen LogP contribution in [-0.4, -0.2) is 29.8 Å². The lowest BCUT2D eigenvalue weighted by Gasteiger charge is -2.23. The number of ether oxygens (including phenoxy) is 1. The summed E-state index contributed by atoms with van der Waals surface area (Å²) in [6.07, 6.45) is 0.0423. The van der Waals surface area contributed by atoms with Gasteiger partial charge in [-0.1, -0.05) is 24.3 Å². The maximum Gasteiger partial charge on any atom is 0.314 e. The number of nitro groups is 1. The largest absolute Gasteiger partial charge is 0.490 e. The minimum Gasteiger partial charge on any atom is -0.490 e. The van der Waals surface area contributed by atoms with Crippen LogP contribution in [0.4, 0.5) is 11.4 Å². The van der Waals surface area contributed by atoms with Crippen molar-refractivity contribution in [3.8, 4) is 5.75 Å². The molecule has 0 fully saturated rings. The number of rotatable bonds is 4. The highest BCUT2D eigenvalue weighted by molar-refractivity contribution is 6.17. The second-order valence-electron chi connectivity index (χ2n) is 5.72. The van der Waals surface area contributed by atoms with Crippen LogP contribution in [0.5, 0.6) is 5.75 Å². The van der Waals surface area contributed by atoms with Crippen molar-refractivity contribution in [3.63, 3.8) is 0 Å². The molecule has 0 bridgehead atoms. The van der Waals surface area contributed by atoms with Gasteiger partial charge in [0, 0.05) is 24.5 Å². The van der Waals surface area contributed by atoms with Gasteiger partial charge in [0.2, 0.25) is 5.91 Å². The maximum absolute atomic E-state index is 12.8. The number of anilines is 1. The third-order valence-corrected chi connectivity index (χ3v) is 4.28. The Morgan fingerprint density at radius 3 is 2.60 bits per heavy atom. The highest BCUT2D eigenvalue weighted by Gasteiger charge is 2.40. The number of ketones is 1. The molecule has 0 aromatic heterocycles. The summed E-state index contributed by atoms with van der Waals surface area (Å²) in [5.74, 6) is -0.378. The van der Waals surface area contributed by atoms with Gasteiger partial charge in [0.1, 0.15) is 6.04 Å². The summed E-state index contributed by atoms with van der Waals surface area (Å²) in [6.45, 7) is 1.38. The molecule has 0 saturated heterocycles. The van der Waals surface area contributed by atoms with Crippen LogP contribution in [0.25, 0.3) is 0 Å². The van der Waals surface area contributed by atoms with Gasteiger partial charge in [0.15, 0.2) is 11.5 Å². The summed E-state index contributed by atoms with van der Waals surface area (Å²) >= 11 is 0. The molecule has 0 saturated carbocycles. The lowest BCUT2D eigenvalue weighted by atomic mass is 9.99. The van der Waals surface area contributed by atoms with E-state index in [1.54, 1.807) is 36.4 Å². The Balaban J connectivity index is 2.06. The third kappa shape index (κ3) is 2.73. The van der Waals surface area contributed by atoms with Crippen molar-refractivity contribution in [2.45, 2.75) is 19.4 Å². The number of carbonyl (C=O) groups is 2. The molecule has 3 rings (SSSR count). The van der Waals surface area contributed by atoms with Crippen LogP contribution in [0.15, 0.2) is 42.5 Å². The molecule has 1 heterocycles. The molecule has 128 valence electrons. The molecular weight excluding hydrogens is 324 g/mol. The van der Waals surface area contributed by atoms with Gasteiger partial charge in [-0.3, -0.25) is 19.7 Å². The zero-order chi connectivity index (χ0) is 18.1.